The normalized spacial score (nSPS) is 13.9. The van der Waals surface area contributed by atoms with Crippen LogP contribution in [0.3, 0.4) is 0 Å². The Bertz CT molecular complexity index is 182. The molecule has 0 amide bonds. The van der Waals surface area contributed by atoms with Gasteiger partial charge in [-0.1, -0.05) is 45.3 Å². The second-order valence-corrected chi connectivity index (χ2v) is 3.96. The lowest BCUT2D eigenvalue weighted by molar-refractivity contribution is 0.0919. The standard InChI is InChI=1S/C14H26O/c1-5-8-9-11-14(15-12-7-3)13(4)10-6-2/h7,10,14H,3,5-6,8-9,11-12H2,1-2,4H3/b13-10+. The van der Waals surface area contributed by atoms with Gasteiger partial charge in [0, 0.05) is 0 Å². The first-order valence-corrected chi connectivity index (χ1v) is 6.15. The number of hydrogen-bond acceptors (Lipinski definition) is 1. The van der Waals surface area contributed by atoms with E-state index in [9.17, 15) is 0 Å². The SMILES string of the molecule is C=CCOC(CCCCC)/C(C)=C/CC. The fourth-order valence-corrected chi connectivity index (χ4v) is 1.66. The molecule has 0 saturated carbocycles. The lowest BCUT2D eigenvalue weighted by atomic mass is 10.0. The predicted octanol–water partition coefficient (Wildman–Crippen LogP) is 4.49. The number of allylic oxidation sites excluding steroid dienone is 1. The van der Waals surface area contributed by atoms with Crippen molar-refractivity contribution in [1.29, 1.82) is 0 Å². The van der Waals surface area contributed by atoms with Crippen LogP contribution < -0.4 is 0 Å². The zero-order valence-corrected chi connectivity index (χ0v) is 10.6. The van der Waals surface area contributed by atoms with Gasteiger partial charge in [0.25, 0.3) is 0 Å². The van der Waals surface area contributed by atoms with Crippen LogP contribution in [0.5, 0.6) is 0 Å². The minimum Gasteiger partial charge on any atom is -0.370 e. The van der Waals surface area contributed by atoms with Crippen LogP contribution in [0.25, 0.3) is 0 Å². The second kappa shape index (κ2) is 9.97. The zero-order chi connectivity index (χ0) is 11.5. The fourth-order valence-electron chi connectivity index (χ4n) is 1.66. The lowest BCUT2D eigenvalue weighted by Crippen LogP contribution is -2.14. The molecule has 1 heteroatoms. The Hall–Kier alpha value is -0.560. The molecular weight excluding hydrogens is 184 g/mol. The predicted molar refractivity (Wildman–Crippen MR) is 68.1 cm³/mol. The van der Waals surface area contributed by atoms with Crippen molar-refractivity contribution >= 4 is 0 Å². The molecule has 0 heterocycles. The maximum absolute atomic E-state index is 5.77. The van der Waals surface area contributed by atoms with Crippen molar-refractivity contribution in [3.05, 3.63) is 24.3 Å². The van der Waals surface area contributed by atoms with E-state index in [1.807, 2.05) is 6.08 Å². The van der Waals surface area contributed by atoms with Gasteiger partial charge in [-0.2, -0.15) is 0 Å². The quantitative estimate of drug-likeness (QED) is 0.402. The first-order chi connectivity index (χ1) is 7.26. The van der Waals surface area contributed by atoms with E-state index in [1.54, 1.807) is 0 Å². The van der Waals surface area contributed by atoms with Gasteiger partial charge in [-0.15, -0.1) is 6.58 Å². The largest absolute Gasteiger partial charge is 0.370 e. The van der Waals surface area contributed by atoms with Crippen molar-refractivity contribution in [3.8, 4) is 0 Å². The summed E-state index contributed by atoms with van der Waals surface area (Å²) in [6, 6.07) is 0. The Kier molecular flexibility index (Phi) is 9.60. The molecule has 0 saturated heterocycles. The summed E-state index contributed by atoms with van der Waals surface area (Å²) >= 11 is 0. The van der Waals surface area contributed by atoms with Crippen LogP contribution in [-0.2, 0) is 4.74 Å². The second-order valence-electron chi connectivity index (χ2n) is 3.96. The van der Waals surface area contributed by atoms with Gasteiger partial charge in [0.2, 0.25) is 0 Å². The minimum absolute atomic E-state index is 0.300. The smallest absolute Gasteiger partial charge is 0.0786 e. The van der Waals surface area contributed by atoms with Gasteiger partial charge in [0.15, 0.2) is 0 Å². The highest BCUT2D eigenvalue weighted by Crippen LogP contribution is 2.15. The van der Waals surface area contributed by atoms with Crippen molar-refractivity contribution in [2.75, 3.05) is 6.61 Å². The van der Waals surface area contributed by atoms with Crippen LogP contribution in [0.4, 0.5) is 0 Å². The highest BCUT2D eigenvalue weighted by molar-refractivity contribution is 5.04. The molecule has 15 heavy (non-hydrogen) atoms. The Balaban J connectivity index is 4.04. The molecule has 0 N–H and O–H groups in total. The van der Waals surface area contributed by atoms with Crippen molar-refractivity contribution < 1.29 is 4.74 Å². The van der Waals surface area contributed by atoms with E-state index in [-0.39, 0.29) is 0 Å². The summed E-state index contributed by atoms with van der Waals surface area (Å²) in [6.45, 7) is 10.9. The number of unbranched alkanes of at least 4 members (excludes halogenated alkanes) is 2. The van der Waals surface area contributed by atoms with Crippen LogP contribution in [0.2, 0.25) is 0 Å². The van der Waals surface area contributed by atoms with Gasteiger partial charge in [0.05, 0.1) is 12.7 Å². The molecule has 0 aromatic carbocycles. The monoisotopic (exact) mass is 210 g/mol. The van der Waals surface area contributed by atoms with Gasteiger partial charge in [-0.3, -0.25) is 0 Å². The minimum atomic E-state index is 0.300. The molecular formula is C14H26O. The number of hydrogen-bond donors (Lipinski definition) is 0. The van der Waals surface area contributed by atoms with Crippen molar-refractivity contribution in [1.82, 2.24) is 0 Å². The molecule has 0 fully saturated rings. The summed E-state index contributed by atoms with van der Waals surface area (Å²) in [4.78, 5) is 0. The van der Waals surface area contributed by atoms with Crippen molar-refractivity contribution in [2.45, 2.75) is 59.0 Å². The highest BCUT2D eigenvalue weighted by Gasteiger charge is 2.09. The number of ether oxygens (including phenoxy) is 1. The van der Waals surface area contributed by atoms with E-state index >= 15 is 0 Å². The van der Waals surface area contributed by atoms with Crippen LogP contribution in [0.1, 0.15) is 52.9 Å². The average Bonchev–Trinajstić information content (AvgIpc) is 2.23. The molecule has 1 nitrogen and oxygen atoms in total. The summed E-state index contributed by atoms with van der Waals surface area (Å²) < 4.78 is 5.77. The molecule has 1 unspecified atom stereocenters. The van der Waals surface area contributed by atoms with E-state index < -0.39 is 0 Å². The third kappa shape index (κ3) is 7.38. The molecule has 0 bridgehead atoms. The molecule has 0 aliphatic heterocycles. The summed E-state index contributed by atoms with van der Waals surface area (Å²) in [6.07, 6.45) is 10.4. The molecule has 88 valence electrons. The molecule has 0 spiro atoms. The van der Waals surface area contributed by atoms with E-state index in [0.717, 1.165) is 12.8 Å². The first-order valence-electron chi connectivity index (χ1n) is 6.15. The number of rotatable bonds is 9. The van der Waals surface area contributed by atoms with Crippen molar-refractivity contribution in [3.63, 3.8) is 0 Å². The van der Waals surface area contributed by atoms with Crippen LogP contribution in [0, 0.1) is 0 Å². The van der Waals surface area contributed by atoms with Gasteiger partial charge in [0.1, 0.15) is 0 Å². The third-order valence-corrected chi connectivity index (χ3v) is 2.52. The summed E-state index contributed by atoms with van der Waals surface area (Å²) in [7, 11) is 0. The molecule has 0 aromatic rings. The molecule has 1 atom stereocenters. The molecule has 0 aromatic heterocycles. The maximum Gasteiger partial charge on any atom is 0.0786 e. The fraction of sp³-hybridized carbons (Fsp3) is 0.714. The summed E-state index contributed by atoms with van der Waals surface area (Å²) in [5.41, 5.74) is 1.37. The van der Waals surface area contributed by atoms with Crippen molar-refractivity contribution in [2.24, 2.45) is 0 Å². The Morgan fingerprint density at radius 1 is 1.33 bits per heavy atom. The van der Waals surface area contributed by atoms with E-state index in [1.165, 1.54) is 24.8 Å². The van der Waals surface area contributed by atoms with Crippen LogP contribution in [-0.4, -0.2) is 12.7 Å². The van der Waals surface area contributed by atoms with Crippen LogP contribution in [0.15, 0.2) is 24.3 Å². The first kappa shape index (κ1) is 14.4. The molecule has 0 radical (unpaired) electrons. The topological polar surface area (TPSA) is 9.23 Å². The van der Waals surface area contributed by atoms with E-state index in [2.05, 4.69) is 33.4 Å². The van der Waals surface area contributed by atoms with Gasteiger partial charge < -0.3 is 4.74 Å². The third-order valence-electron chi connectivity index (χ3n) is 2.52. The van der Waals surface area contributed by atoms with E-state index in [0.29, 0.717) is 12.7 Å². The zero-order valence-electron chi connectivity index (χ0n) is 10.6. The maximum atomic E-state index is 5.77. The van der Waals surface area contributed by atoms with Gasteiger partial charge in [-0.25, -0.2) is 0 Å². The van der Waals surface area contributed by atoms with Gasteiger partial charge in [-0.05, 0) is 25.3 Å². The molecule has 0 aliphatic rings. The summed E-state index contributed by atoms with van der Waals surface area (Å²) in [5.74, 6) is 0. The highest BCUT2D eigenvalue weighted by atomic mass is 16.5. The Morgan fingerprint density at radius 2 is 2.07 bits per heavy atom. The van der Waals surface area contributed by atoms with Gasteiger partial charge >= 0.3 is 0 Å². The summed E-state index contributed by atoms with van der Waals surface area (Å²) in [5, 5.41) is 0. The lowest BCUT2D eigenvalue weighted by Gasteiger charge is -2.17. The molecule has 0 rings (SSSR count). The molecule has 0 aliphatic carbocycles. The van der Waals surface area contributed by atoms with Crippen LogP contribution >= 0.6 is 0 Å². The Morgan fingerprint density at radius 3 is 2.60 bits per heavy atom. The van der Waals surface area contributed by atoms with E-state index in [4.69, 9.17) is 4.74 Å². The average molecular weight is 210 g/mol. The Labute approximate surface area is 95.2 Å².